The Morgan fingerprint density at radius 2 is 1.94 bits per heavy atom. The van der Waals surface area contributed by atoms with Crippen LogP contribution >= 0.6 is 24.2 Å². The third-order valence-corrected chi connectivity index (χ3v) is 3.05. The second-order valence-corrected chi connectivity index (χ2v) is 4.67. The molecular formula is C12H15ClF3NS. The third-order valence-electron chi connectivity index (χ3n) is 2.23. The molecule has 0 amide bonds. The highest BCUT2D eigenvalue weighted by Gasteiger charge is 2.30. The first-order chi connectivity index (χ1) is 7.94. The highest BCUT2D eigenvalue weighted by atomic mass is 35.5. The van der Waals surface area contributed by atoms with Gasteiger partial charge in [-0.25, -0.2) is 0 Å². The molecule has 18 heavy (non-hydrogen) atoms. The van der Waals surface area contributed by atoms with Crippen molar-refractivity contribution in [2.24, 2.45) is 5.73 Å². The molecular weight excluding hydrogens is 283 g/mol. The standard InChI is InChI=1S/C12H14F3NS.ClH/c1-2-3-7-10(16)9-6-4-5-8-11(9)17-12(13,14)15;/h2,4-6,8,10H,1,3,7,16H2;1H/t10-;/m0./s1. The van der Waals surface area contributed by atoms with E-state index in [2.05, 4.69) is 6.58 Å². The van der Waals surface area contributed by atoms with Crippen LogP contribution in [0.1, 0.15) is 24.4 Å². The van der Waals surface area contributed by atoms with Gasteiger partial charge in [0.05, 0.1) is 0 Å². The maximum Gasteiger partial charge on any atom is 0.446 e. The van der Waals surface area contributed by atoms with Crippen LogP contribution in [-0.4, -0.2) is 5.51 Å². The smallest absolute Gasteiger partial charge is 0.324 e. The number of benzene rings is 1. The Labute approximate surface area is 115 Å². The first-order valence-electron chi connectivity index (χ1n) is 5.15. The van der Waals surface area contributed by atoms with Gasteiger partial charge in [0, 0.05) is 10.9 Å². The van der Waals surface area contributed by atoms with Crippen LogP contribution in [-0.2, 0) is 0 Å². The molecule has 102 valence electrons. The molecule has 1 aromatic rings. The normalized spacial score (nSPS) is 12.7. The first-order valence-corrected chi connectivity index (χ1v) is 5.97. The number of hydrogen-bond acceptors (Lipinski definition) is 2. The molecule has 0 saturated carbocycles. The van der Waals surface area contributed by atoms with Gasteiger partial charge < -0.3 is 5.73 Å². The van der Waals surface area contributed by atoms with Crippen molar-refractivity contribution in [2.75, 3.05) is 0 Å². The monoisotopic (exact) mass is 297 g/mol. The van der Waals surface area contributed by atoms with Gasteiger partial charge in [-0.05, 0) is 36.2 Å². The average Bonchev–Trinajstić information content (AvgIpc) is 2.24. The summed E-state index contributed by atoms with van der Waals surface area (Å²) in [5.74, 6) is 0. The van der Waals surface area contributed by atoms with E-state index in [1.54, 1.807) is 24.3 Å². The van der Waals surface area contributed by atoms with E-state index in [0.717, 1.165) is 0 Å². The fourth-order valence-corrected chi connectivity index (χ4v) is 2.19. The summed E-state index contributed by atoms with van der Waals surface area (Å²) in [6.45, 7) is 3.57. The van der Waals surface area contributed by atoms with Crippen LogP contribution in [0.3, 0.4) is 0 Å². The predicted molar refractivity (Wildman–Crippen MR) is 72.0 cm³/mol. The van der Waals surface area contributed by atoms with E-state index < -0.39 is 5.51 Å². The summed E-state index contributed by atoms with van der Waals surface area (Å²) in [5.41, 5.74) is 2.13. The van der Waals surface area contributed by atoms with Crippen molar-refractivity contribution in [3.05, 3.63) is 42.5 Å². The Bertz CT molecular complexity index is 382. The molecule has 0 heterocycles. The highest BCUT2D eigenvalue weighted by Crippen LogP contribution is 2.40. The van der Waals surface area contributed by atoms with Crippen LogP contribution in [0.2, 0.25) is 0 Å². The van der Waals surface area contributed by atoms with Crippen LogP contribution < -0.4 is 5.73 Å². The topological polar surface area (TPSA) is 26.0 Å². The largest absolute Gasteiger partial charge is 0.446 e. The molecule has 0 aliphatic heterocycles. The molecule has 2 N–H and O–H groups in total. The SMILES string of the molecule is C=CCC[C@H](N)c1ccccc1SC(F)(F)F.Cl. The molecule has 0 saturated heterocycles. The fraction of sp³-hybridized carbons (Fsp3) is 0.333. The summed E-state index contributed by atoms with van der Waals surface area (Å²) in [4.78, 5) is 0.177. The zero-order valence-corrected chi connectivity index (χ0v) is 11.2. The van der Waals surface area contributed by atoms with Crippen molar-refractivity contribution in [3.8, 4) is 0 Å². The van der Waals surface area contributed by atoms with Crippen molar-refractivity contribution in [2.45, 2.75) is 29.3 Å². The maximum atomic E-state index is 12.3. The number of thioether (sulfide) groups is 1. The number of allylic oxidation sites excluding steroid dienone is 1. The predicted octanol–water partition coefficient (Wildman–Crippen LogP) is 4.69. The summed E-state index contributed by atoms with van der Waals surface area (Å²) in [5, 5.41) is 0. The molecule has 1 aromatic carbocycles. The minimum absolute atomic E-state index is 0. The van der Waals surface area contributed by atoms with Crippen LogP contribution in [0.15, 0.2) is 41.8 Å². The Morgan fingerprint density at radius 1 is 1.33 bits per heavy atom. The van der Waals surface area contributed by atoms with Crippen molar-refractivity contribution in [1.82, 2.24) is 0 Å². The van der Waals surface area contributed by atoms with Gasteiger partial charge in [-0.15, -0.1) is 19.0 Å². The van der Waals surface area contributed by atoms with E-state index in [-0.39, 0.29) is 35.1 Å². The lowest BCUT2D eigenvalue weighted by atomic mass is 10.0. The van der Waals surface area contributed by atoms with E-state index >= 15 is 0 Å². The molecule has 0 aliphatic carbocycles. The lowest BCUT2D eigenvalue weighted by Crippen LogP contribution is -2.12. The summed E-state index contributed by atoms with van der Waals surface area (Å²) in [6, 6.07) is 5.98. The summed E-state index contributed by atoms with van der Waals surface area (Å²) >= 11 is -0.117. The quantitative estimate of drug-likeness (QED) is 0.630. The maximum absolute atomic E-state index is 12.3. The molecule has 0 bridgehead atoms. The van der Waals surface area contributed by atoms with Gasteiger partial charge in [0.2, 0.25) is 0 Å². The zero-order valence-electron chi connectivity index (χ0n) is 9.61. The molecule has 1 atom stereocenters. The number of rotatable bonds is 5. The van der Waals surface area contributed by atoms with Crippen LogP contribution in [0.25, 0.3) is 0 Å². The Hall–Kier alpha value is -0.650. The molecule has 0 unspecified atom stereocenters. The minimum Gasteiger partial charge on any atom is -0.324 e. The van der Waals surface area contributed by atoms with Crippen molar-refractivity contribution < 1.29 is 13.2 Å². The number of hydrogen-bond donors (Lipinski definition) is 1. The van der Waals surface area contributed by atoms with Gasteiger partial charge in [-0.3, -0.25) is 0 Å². The van der Waals surface area contributed by atoms with Crippen molar-refractivity contribution in [3.63, 3.8) is 0 Å². The number of halogens is 4. The second-order valence-electron chi connectivity index (χ2n) is 3.56. The Kier molecular flexibility index (Phi) is 7.43. The van der Waals surface area contributed by atoms with Gasteiger partial charge >= 0.3 is 5.51 Å². The van der Waals surface area contributed by atoms with Gasteiger partial charge in [0.15, 0.2) is 0 Å². The molecule has 0 fully saturated rings. The van der Waals surface area contributed by atoms with Gasteiger partial charge in [-0.1, -0.05) is 24.3 Å². The number of nitrogens with two attached hydrogens (primary N) is 1. The lowest BCUT2D eigenvalue weighted by Gasteiger charge is -2.16. The molecule has 0 radical (unpaired) electrons. The fourth-order valence-electron chi connectivity index (χ4n) is 1.46. The summed E-state index contributed by atoms with van der Waals surface area (Å²) in [6.07, 6.45) is 2.99. The molecule has 0 spiro atoms. The van der Waals surface area contributed by atoms with E-state index in [1.807, 2.05) is 0 Å². The van der Waals surface area contributed by atoms with Crippen LogP contribution in [0.5, 0.6) is 0 Å². The van der Waals surface area contributed by atoms with E-state index in [9.17, 15) is 13.2 Å². The zero-order chi connectivity index (χ0) is 12.9. The van der Waals surface area contributed by atoms with Gasteiger partial charge in [0.1, 0.15) is 0 Å². The summed E-state index contributed by atoms with van der Waals surface area (Å²) < 4.78 is 37.0. The van der Waals surface area contributed by atoms with Gasteiger partial charge in [-0.2, -0.15) is 13.2 Å². The molecule has 6 heteroatoms. The molecule has 1 rings (SSSR count). The molecule has 1 nitrogen and oxygen atoms in total. The average molecular weight is 298 g/mol. The third kappa shape index (κ3) is 5.80. The van der Waals surface area contributed by atoms with E-state index in [4.69, 9.17) is 5.73 Å². The highest BCUT2D eigenvalue weighted by molar-refractivity contribution is 8.00. The van der Waals surface area contributed by atoms with Crippen LogP contribution in [0, 0.1) is 0 Å². The molecule has 0 aromatic heterocycles. The Balaban J connectivity index is 0.00000289. The van der Waals surface area contributed by atoms with Crippen molar-refractivity contribution >= 4 is 24.2 Å². The van der Waals surface area contributed by atoms with Gasteiger partial charge in [0.25, 0.3) is 0 Å². The van der Waals surface area contributed by atoms with Crippen molar-refractivity contribution in [1.29, 1.82) is 0 Å². The lowest BCUT2D eigenvalue weighted by molar-refractivity contribution is -0.0328. The number of alkyl halides is 3. The Morgan fingerprint density at radius 3 is 2.50 bits per heavy atom. The summed E-state index contributed by atoms with van der Waals surface area (Å²) in [7, 11) is 0. The first kappa shape index (κ1) is 17.4. The van der Waals surface area contributed by atoms with E-state index in [1.165, 1.54) is 6.07 Å². The second kappa shape index (κ2) is 7.71. The van der Waals surface area contributed by atoms with E-state index in [0.29, 0.717) is 18.4 Å². The van der Waals surface area contributed by atoms with Crippen LogP contribution in [0.4, 0.5) is 13.2 Å². The minimum atomic E-state index is -4.28. The molecule has 0 aliphatic rings.